The summed E-state index contributed by atoms with van der Waals surface area (Å²) in [6.45, 7) is 3.94. The van der Waals surface area contributed by atoms with Crippen molar-refractivity contribution in [1.29, 1.82) is 0 Å². The van der Waals surface area contributed by atoms with Crippen LogP contribution in [0.5, 0.6) is 0 Å². The number of hydrogen-bond acceptors (Lipinski definition) is 4. The number of carbonyl (C=O) groups excluding carboxylic acids is 2. The van der Waals surface area contributed by atoms with Gasteiger partial charge in [0.1, 0.15) is 11.5 Å². The van der Waals surface area contributed by atoms with Gasteiger partial charge in [-0.3, -0.25) is 14.5 Å². The number of anilines is 2. The summed E-state index contributed by atoms with van der Waals surface area (Å²) in [4.78, 5) is 34.1. The second kappa shape index (κ2) is 10.9. The lowest BCUT2D eigenvalue weighted by atomic mass is 10.1. The molecule has 5 nitrogen and oxygen atoms in total. The molecule has 0 saturated carbocycles. The number of rotatable bonds is 6. The highest BCUT2D eigenvalue weighted by Gasteiger charge is 2.32. The quantitative estimate of drug-likeness (QED) is 0.219. The number of nitrogens with zero attached hydrogens (tertiary/aromatic N) is 2. The Morgan fingerprint density at radius 2 is 1.50 bits per heavy atom. The topological polar surface area (TPSA) is 61.8 Å². The van der Waals surface area contributed by atoms with Crippen molar-refractivity contribution in [3.8, 4) is 0 Å². The highest BCUT2D eigenvalue weighted by atomic mass is 32.2. The third-order valence-corrected chi connectivity index (χ3v) is 7.16. The number of carbonyl (C=O) groups is 2. The van der Waals surface area contributed by atoms with Crippen molar-refractivity contribution < 1.29 is 9.59 Å². The molecule has 4 aromatic rings. The molecule has 2 amide bonds. The van der Waals surface area contributed by atoms with Crippen LogP contribution in [0, 0.1) is 13.8 Å². The van der Waals surface area contributed by atoms with Gasteiger partial charge in [-0.2, -0.15) is 0 Å². The average molecular weight is 518 g/mol. The Bertz CT molecular complexity index is 1540. The molecule has 0 aromatic heterocycles. The maximum atomic E-state index is 13.6. The first kappa shape index (κ1) is 25.2. The summed E-state index contributed by atoms with van der Waals surface area (Å²) < 4.78 is 0. The van der Waals surface area contributed by atoms with Crippen molar-refractivity contribution >= 4 is 46.9 Å². The van der Waals surface area contributed by atoms with Gasteiger partial charge in [0.2, 0.25) is 0 Å². The predicted octanol–water partition coefficient (Wildman–Crippen LogP) is 7.11. The fourth-order valence-electron chi connectivity index (χ4n) is 4.35. The zero-order valence-corrected chi connectivity index (χ0v) is 22.3. The lowest BCUT2D eigenvalue weighted by molar-refractivity contribution is -0.113. The van der Waals surface area contributed by atoms with Gasteiger partial charge >= 0.3 is 0 Å². The van der Waals surface area contributed by atoms with E-state index >= 15 is 0 Å². The van der Waals surface area contributed by atoms with Gasteiger partial charge in [-0.25, -0.2) is 4.99 Å². The molecule has 1 heterocycles. The Labute approximate surface area is 226 Å². The van der Waals surface area contributed by atoms with Crippen molar-refractivity contribution in [3.05, 3.63) is 131 Å². The molecule has 0 fully saturated rings. The Kier molecular flexibility index (Phi) is 7.24. The maximum Gasteiger partial charge on any atom is 0.282 e. The molecular weight excluding hydrogens is 490 g/mol. The number of amides is 2. The molecule has 188 valence electrons. The molecule has 38 heavy (non-hydrogen) atoms. The normalized spacial score (nSPS) is 14.1. The third-order valence-electron chi connectivity index (χ3n) is 6.42. The first-order chi connectivity index (χ1) is 18.4. The molecular formula is C32H27N3O2S. The van der Waals surface area contributed by atoms with E-state index in [2.05, 4.69) is 5.32 Å². The number of benzene rings is 4. The predicted molar refractivity (Wildman–Crippen MR) is 157 cm³/mol. The van der Waals surface area contributed by atoms with E-state index in [1.165, 1.54) is 0 Å². The van der Waals surface area contributed by atoms with Gasteiger partial charge in [-0.05, 0) is 79.3 Å². The van der Waals surface area contributed by atoms with Gasteiger partial charge in [-0.15, -0.1) is 11.8 Å². The SMILES string of the molecule is CSc1ccc(C=C2N=C(c3ccccc3)N(c3ccc(C(=O)Nc4c(C)cccc4C)cc3)C2=O)cc1. The van der Waals surface area contributed by atoms with Crippen molar-refractivity contribution in [1.82, 2.24) is 0 Å². The molecule has 0 radical (unpaired) electrons. The van der Waals surface area contributed by atoms with E-state index in [-0.39, 0.29) is 11.8 Å². The molecule has 0 unspecified atom stereocenters. The fourth-order valence-corrected chi connectivity index (χ4v) is 4.76. The highest BCUT2D eigenvalue weighted by molar-refractivity contribution is 7.98. The summed E-state index contributed by atoms with van der Waals surface area (Å²) in [7, 11) is 0. The summed E-state index contributed by atoms with van der Waals surface area (Å²) >= 11 is 1.67. The molecule has 1 aliphatic rings. The van der Waals surface area contributed by atoms with Gasteiger partial charge in [0.05, 0.1) is 5.69 Å². The Hall–Kier alpha value is -4.42. The number of amidine groups is 1. The van der Waals surface area contributed by atoms with E-state index in [1.807, 2.05) is 99.0 Å². The van der Waals surface area contributed by atoms with Crippen LogP contribution in [-0.2, 0) is 4.79 Å². The highest BCUT2D eigenvalue weighted by Crippen LogP contribution is 2.29. The molecule has 5 rings (SSSR count). The van der Waals surface area contributed by atoms with E-state index < -0.39 is 0 Å². The van der Waals surface area contributed by atoms with Gasteiger partial charge in [-0.1, -0.05) is 60.7 Å². The summed E-state index contributed by atoms with van der Waals surface area (Å²) in [5, 5.41) is 3.02. The van der Waals surface area contributed by atoms with Crippen molar-refractivity contribution in [2.45, 2.75) is 18.7 Å². The van der Waals surface area contributed by atoms with E-state index in [0.29, 0.717) is 22.8 Å². The van der Waals surface area contributed by atoms with Crippen molar-refractivity contribution in [3.63, 3.8) is 0 Å². The van der Waals surface area contributed by atoms with Crippen LogP contribution in [0.3, 0.4) is 0 Å². The number of aliphatic imine (C=N–C) groups is 1. The molecule has 1 N–H and O–H groups in total. The molecule has 0 spiro atoms. The second-order valence-electron chi connectivity index (χ2n) is 9.01. The molecule has 0 aliphatic carbocycles. The summed E-state index contributed by atoms with van der Waals surface area (Å²) in [6, 6.07) is 30.6. The van der Waals surface area contributed by atoms with E-state index in [1.54, 1.807) is 40.9 Å². The third kappa shape index (κ3) is 5.17. The van der Waals surface area contributed by atoms with Crippen LogP contribution in [0.15, 0.2) is 113 Å². The van der Waals surface area contributed by atoms with Gasteiger partial charge < -0.3 is 5.32 Å². The summed E-state index contributed by atoms with van der Waals surface area (Å²) in [5.74, 6) is 0.133. The Balaban J connectivity index is 1.45. The minimum atomic E-state index is -0.217. The summed E-state index contributed by atoms with van der Waals surface area (Å²) in [6.07, 6.45) is 3.84. The first-order valence-electron chi connectivity index (χ1n) is 12.3. The average Bonchev–Trinajstić information content (AvgIpc) is 3.27. The zero-order valence-electron chi connectivity index (χ0n) is 21.4. The number of nitrogens with one attached hydrogen (secondary N) is 1. The monoisotopic (exact) mass is 517 g/mol. The number of hydrogen-bond donors (Lipinski definition) is 1. The largest absolute Gasteiger partial charge is 0.322 e. The van der Waals surface area contributed by atoms with E-state index in [4.69, 9.17) is 4.99 Å². The van der Waals surface area contributed by atoms with Crippen LogP contribution >= 0.6 is 11.8 Å². The van der Waals surface area contributed by atoms with Gasteiger partial charge in [0.15, 0.2) is 0 Å². The lowest BCUT2D eigenvalue weighted by Crippen LogP contribution is -2.32. The molecule has 1 aliphatic heterocycles. The van der Waals surface area contributed by atoms with Crippen LogP contribution in [0.2, 0.25) is 0 Å². The van der Waals surface area contributed by atoms with Crippen molar-refractivity contribution in [2.24, 2.45) is 4.99 Å². The van der Waals surface area contributed by atoms with Crippen LogP contribution in [-0.4, -0.2) is 23.9 Å². The van der Waals surface area contributed by atoms with Crippen LogP contribution in [0.4, 0.5) is 11.4 Å². The maximum absolute atomic E-state index is 13.6. The van der Waals surface area contributed by atoms with E-state index in [0.717, 1.165) is 32.8 Å². The standard InChI is InChI=1S/C32H27N3O2S/c1-21-8-7-9-22(2)29(21)34-31(36)25-14-16-26(17-15-25)35-30(24-10-5-4-6-11-24)33-28(32(35)37)20-23-12-18-27(38-3)19-13-23/h4-20H,1-3H3,(H,34,36). The first-order valence-corrected chi connectivity index (χ1v) is 13.5. The minimum Gasteiger partial charge on any atom is -0.322 e. The van der Waals surface area contributed by atoms with Crippen LogP contribution < -0.4 is 10.2 Å². The molecule has 6 heteroatoms. The number of thioether (sulfide) groups is 1. The molecule has 4 aromatic carbocycles. The Morgan fingerprint density at radius 3 is 2.13 bits per heavy atom. The second-order valence-corrected chi connectivity index (χ2v) is 9.89. The number of aryl methyl sites for hydroxylation is 2. The lowest BCUT2D eigenvalue weighted by Gasteiger charge is -2.19. The molecule has 0 saturated heterocycles. The van der Waals surface area contributed by atoms with Gasteiger partial charge in [0, 0.05) is 21.7 Å². The van der Waals surface area contributed by atoms with Crippen molar-refractivity contribution in [2.75, 3.05) is 16.5 Å². The van der Waals surface area contributed by atoms with Crippen LogP contribution in [0.1, 0.15) is 32.6 Å². The molecule has 0 atom stereocenters. The molecule has 0 bridgehead atoms. The van der Waals surface area contributed by atoms with Crippen LogP contribution in [0.25, 0.3) is 6.08 Å². The van der Waals surface area contributed by atoms with E-state index in [9.17, 15) is 9.59 Å². The smallest absolute Gasteiger partial charge is 0.282 e. The zero-order chi connectivity index (χ0) is 26.6. The Morgan fingerprint density at radius 1 is 0.842 bits per heavy atom. The van der Waals surface area contributed by atoms with Gasteiger partial charge in [0.25, 0.3) is 11.8 Å². The fraction of sp³-hybridized carbons (Fsp3) is 0.0938. The minimum absolute atomic E-state index is 0.201. The summed E-state index contributed by atoms with van der Waals surface area (Å²) in [5.41, 5.74) is 6.06. The number of para-hydroxylation sites is 1.